The average molecular weight is 247 g/mol. The maximum atomic E-state index is 12.1. The van der Waals surface area contributed by atoms with Gasteiger partial charge in [-0.2, -0.15) is 5.10 Å². The zero-order chi connectivity index (χ0) is 12.7. The van der Waals surface area contributed by atoms with Crippen LogP contribution in [-0.4, -0.2) is 21.7 Å². The molecule has 1 aromatic rings. The molecule has 2 aliphatic carbocycles. The molecular weight excluding hydrogens is 226 g/mol. The van der Waals surface area contributed by atoms with Crippen molar-refractivity contribution in [3.63, 3.8) is 0 Å². The van der Waals surface area contributed by atoms with Gasteiger partial charge in [0.15, 0.2) is 0 Å². The third-order valence-electron chi connectivity index (χ3n) is 4.76. The molecule has 2 saturated carbocycles. The van der Waals surface area contributed by atoms with Crippen molar-refractivity contribution in [2.75, 3.05) is 0 Å². The van der Waals surface area contributed by atoms with E-state index in [1.165, 1.54) is 25.7 Å². The number of hydrogen-bond acceptors (Lipinski definition) is 2. The van der Waals surface area contributed by atoms with E-state index in [1.54, 1.807) is 17.1 Å². The van der Waals surface area contributed by atoms with Crippen molar-refractivity contribution in [2.45, 2.75) is 38.6 Å². The maximum absolute atomic E-state index is 12.1. The summed E-state index contributed by atoms with van der Waals surface area (Å²) in [5.41, 5.74) is 0.660. The second-order valence-corrected chi connectivity index (χ2v) is 6.00. The van der Waals surface area contributed by atoms with Crippen molar-refractivity contribution in [1.82, 2.24) is 15.1 Å². The number of hydrogen-bond donors (Lipinski definition) is 1. The molecule has 2 bridgehead atoms. The van der Waals surface area contributed by atoms with Crippen molar-refractivity contribution in [3.8, 4) is 0 Å². The van der Waals surface area contributed by atoms with Crippen LogP contribution in [0, 0.1) is 17.8 Å². The summed E-state index contributed by atoms with van der Waals surface area (Å²) < 4.78 is 1.66. The van der Waals surface area contributed by atoms with Gasteiger partial charge in [0, 0.05) is 19.3 Å². The van der Waals surface area contributed by atoms with Gasteiger partial charge < -0.3 is 5.32 Å². The van der Waals surface area contributed by atoms with E-state index in [2.05, 4.69) is 17.3 Å². The van der Waals surface area contributed by atoms with E-state index in [-0.39, 0.29) is 11.9 Å². The lowest BCUT2D eigenvalue weighted by Gasteiger charge is -2.28. The highest BCUT2D eigenvalue weighted by Gasteiger charge is 2.42. The fourth-order valence-corrected chi connectivity index (χ4v) is 3.84. The third kappa shape index (κ3) is 2.04. The van der Waals surface area contributed by atoms with Gasteiger partial charge in [-0.15, -0.1) is 0 Å². The zero-order valence-corrected chi connectivity index (χ0v) is 11.1. The van der Waals surface area contributed by atoms with Crippen LogP contribution in [0.3, 0.4) is 0 Å². The molecule has 1 N–H and O–H groups in total. The van der Waals surface area contributed by atoms with Gasteiger partial charge in [-0.1, -0.05) is 6.42 Å². The molecule has 0 saturated heterocycles. The highest BCUT2D eigenvalue weighted by molar-refractivity contribution is 5.93. The summed E-state index contributed by atoms with van der Waals surface area (Å²) in [6.45, 7) is 2.15. The highest BCUT2D eigenvalue weighted by atomic mass is 16.1. The Kier molecular flexibility index (Phi) is 2.88. The van der Waals surface area contributed by atoms with Crippen molar-refractivity contribution < 1.29 is 4.79 Å². The molecule has 0 aliphatic heterocycles. The van der Waals surface area contributed by atoms with E-state index in [9.17, 15) is 4.79 Å². The predicted molar refractivity (Wildman–Crippen MR) is 69.1 cm³/mol. The molecule has 4 atom stereocenters. The van der Waals surface area contributed by atoms with Crippen molar-refractivity contribution in [3.05, 3.63) is 18.0 Å². The van der Waals surface area contributed by atoms with Crippen molar-refractivity contribution >= 4 is 5.91 Å². The molecule has 2 fully saturated rings. The summed E-state index contributed by atoms with van der Waals surface area (Å²) in [5, 5.41) is 7.18. The molecule has 4 heteroatoms. The maximum Gasteiger partial charge on any atom is 0.254 e. The van der Waals surface area contributed by atoms with Crippen LogP contribution in [0.5, 0.6) is 0 Å². The third-order valence-corrected chi connectivity index (χ3v) is 4.76. The fraction of sp³-hybridized carbons (Fsp3) is 0.714. The molecule has 3 rings (SSSR count). The lowest BCUT2D eigenvalue weighted by molar-refractivity contribution is 0.0915. The number of nitrogens with zero attached hydrogens (tertiary/aromatic N) is 2. The van der Waals surface area contributed by atoms with Gasteiger partial charge in [-0.3, -0.25) is 9.48 Å². The van der Waals surface area contributed by atoms with Crippen molar-refractivity contribution in [1.29, 1.82) is 0 Å². The van der Waals surface area contributed by atoms with E-state index >= 15 is 0 Å². The highest BCUT2D eigenvalue weighted by Crippen LogP contribution is 2.49. The number of nitrogens with one attached hydrogen (secondary N) is 1. The van der Waals surface area contributed by atoms with Crippen LogP contribution < -0.4 is 5.32 Å². The summed E-state index contributed by atoms with van der Waals surface area (Å²) >= 11 is 0. The van der Waals surface area contributed by atoms with Crippen LogP contribution in [0.15, 0.2) is 12.4 Å². The Bertz CT molecular complexity index is 454. The standard InChI is InChI=1S/C14H21N3O/c1-9(13-6-10-3-4-11(13)5-10)16-14(18)12-7-15-17(2)8-12/h7-11,13H,3-6H2,1-2H3,(H,16,18)/t9-,10-,11-,13-/m1/s1. The Hall–Kier alpha value is -1.32. The monoisotopic (exact) mass is 247 g/mol. The van der Waals surface area contributed by atoms with Gasteiger partial charge in [-0.05, 0) is 43.9 Å². The van der Waals surface area contributed by atoms with Gasteiger partial charge in [-0.25, -0.2) is 0 Å². The van der Waals surface area contributed by atoms with Crippen molar-refractivity contribution in [2.24, 2.45) is 24.8 Å². The molecule has 4 nitrogen and oxygen atoms in total. The Morgan fingerprint density at radius 3 is 2.89 bits per heavy atom. The molecular formula is C14H21N3O. The Morgan fingerprint density at radius 1 is 1.50 bits per heavy atom. The van der Waals surface area contributed by atoms with E-state index < -0.39 is 0 Å². The molecule has 2 aliphatic rings. The predicted octanol–water partition coefficient (Wildman–Crippen LogP) is 1.97. The summed E-state index contributed by atoms with van der Waals surface area (Å²) in [6, 6.07) is 0.285. The quantitative estimate of drug-likeness (QED) is 0.887. The SMILES string of the molecule is C[C@@H](NC(=O)c1cnn(C)c1)[C@H]1C[C@@H]2CC[C@@H]1C2. The first kappa shape index (κ1) is 11.8. The first-order valence-corrected chi connectivity index (χ1v) is 6.93. The van der Waals surface area contributed by atoms with Gasteiger partial charge in [0.05, 0.1) is 11.8 Å². The van der Waals surface area contributed by atoms with Gasteiger partial charge in [0.25, 0.3) is 5.91 Å². The largest absolute Gasteiger partial charge is 0.349 e. The molecule has 1 amide bonds. The lowest BCUT2D eigenvalue weighted by atomic mass is 9.84. The van der Waals surface area contributed by atoms with Crippen LogP contribution in [0.4, 0.5) is 0 Å². The van der Waals surface area contributed by atoms with Crippen LogP contribution in [0.1, 0.15) is 43.0 Å². The van der Waals surface area contributed by atoms with Gasteiger partial charge in [0.1, 0.15) is 0 Å². The molecule has 0 spiro atoms. The smallest absolute Gasteiger partial charge is 0.254 e. The summed E-state index contributed by atoms with van der Waals surface area (Å²) in [6.07, 6.45) is 8.86. The minimum absolute atomic E-state index is 0.0124. The molecule has 0 radical (unpaired) electrons. The number of aromatic nitrogens is 2. The number of rotatable bonds is 3. The van der Waals surface area contributed by atoms with Gasteiger partial charge in [0.2, 0.25) is 0 Å². The molecule has 1 aromatic heterocycles. The normalized spacial score (nSPS) is 31.6. The summed E-state index contributed by atoms with van der Waals surface area (Å²) in [7, 11) is 1.83. The molecule has 0 aromatic carbocycles. The number of aryl methyl sites for hydroxylation is 1. The van der Waals surface area contributed by atoms with E-state index in [1.807, 2.05) is 7.05 Å². The fourth-order valence-electron chi connectivity index (χ4n) is 3.84. The van der Waals surface area contributed by atoms with E-state index in [0.29, 0.717) is 11.5 Å². The lowest BCUT2D eigenvalue weighted by Crippen LogP contribution is -2.40. The van der Waals surface area contributed by atoms with E-state index in [0.717, 1.165) is 11.8 Å². The molecule has 18 heavy (non-hydrogen) atoms. The minimum atomic E-state index is 0.0124. The molecule has 1 heterocycles. The zero-order valence-electron chi connectivity index (χ0n) is 11.1. The summed E-state index contributed by atoms with van der Waals surface area (Å²) in [5.74, 6) is 2.47. The number of carbonyl (C=O) groups excluding carboxylic acids is 1. The van der Waals surface area contributed by atoms with Gasteiger partial charge >= 0.3 is 0 Å². The van der Waals surface area contributed by atoms with Crippen LogP contribution >= 0.6 is 0 Å². The first-order chi connectivity index (χ1) is 8.63. The number of carbonyl (C=O) groups is 1. The van der Waals surface area contributed by atoms with Crippen LogP contribution in [-0.2, 0) is 7.05 Å². The average Bonchev–Trinajstić information content (AvgIpc) is 3.03. The minimum Gasteiger partial charge on any atom is -0.349 e. The van der Waals surface area contributed by atoms with Crippen LogP contribution in [0.2, 0.25) is 0 Å². The summed E-state index contributed by atoms with van der Waals surface area (Å²) in [4.78, 5) is 12.1. The Labute approximate surface area is 108 Å². The second kappa shape index (κ2) is 4.41. The first-order valence-electron chi connectivity index (χ1n) is 6.93. The Balaban J connectivity index is 1.61. The van der Waals surface area contributed by atoms with E-state index in [4.69, 9.17) is 0 Å². The Morgan fingerprint density at radius 2 is 2.33 bits per heavy atom. The molecule has 98 valence electrons. The van der Waals surface area contributed by atoms with Crippen LogP contribution in [0.25, 0.3) is 0 Å². The second-order valence-electron chi connectivity index (χ2n) is 6.00. The number of fused-ring (bicyclic) bond motifs is 2. The molecule has 0 unspecified atom stereocenters. The number of amides is 1. The topological polar surface area (TPSA) is 46.9 Å².